The van der Waals surface area contributed by atoms with E-state index in [0.29, 0.717) is 10.6 Å². The van der Waals surface area contributed by atoms with E-state index in [-0.39, 0.29) is 0 Å². The van der Waals surface area contributed by atoms with Crippen molar-refractivity contribution in [3.8, 4) is 0 Å². The molecule has 5 heteroatoms. The molecule has 0 heterocycles. The maximum absolute atomic E-state index is 12.6. The average molecular weight is 368 g/mol. The zero-order valence-electron chi connectivity index (χ0n) is 12.5. The molecule has 0 aliphatic carbocycles. The molecule has 0 saturated heterocycles. The number of aryl methyl sites for hydroxylation is 4. The van der Waals surface area contributed by atoms with Crippen molar-refractivity contribution in [2.24, 2.45) is 0 Å². The molecule has 0 aliphatic rings. The Hall–Kier alpha value is -1.33. The van der Waals surface area contributed by atoms with Crippen LogP contribution >= 0.6 is 15.9 Å². The minimum Gasteiger partial charge on any atom is -0.278 e. The molecule has 0 radical (unpaired) electrons. The number of sulfonamides is 1. The summed E-state index contributed by atoms with van der Waals surface area (Å²) in [6.45, 7) is 7.61. The fourth-order valence-electron chi connectivity index (χ4n) is 2.34. The Balaban J connectivity index is 2.47. The number of nitrogens with one attached hydrogen (secondary N) is 1. The highest BCUT2D eigenvalue weighted by Gasteiger charge is 2.19. The third kappa shape index (κ3) is 3.47. The fraction of sp³-hybridized carbons (Fsp3) is 0.250. The largest absolute Gasteiger partial charge is 0.278 e. The van der Waals surface area contributed by atoms with Crippen molar-refractivity contribution in [1.82, 2.24) is 0 Å². The molecule has 2 aromatic rings. The number of hydrogen-bond donors (Lipinski definition) is 1. The zero-order valence-corrected chi connectivity index (χ0v) is 14.9. The first kappa shape index (κ1) is 16.0. The standard InChI is InChI=1S/C16H18BrNO2S/c1-10-5-6-15(12(3)7-10)21(19,20)18-16-13(4)8-11(2)9-14(16)17/h5-9,18H,1-4H3. The highest BCUT2D eigenvalue weighted by Crippen LogP contribution is 2.30. The van der Waals surface area contributed by atoms with Gasteiger partial charge in [-0.3, -0.25) is 4.72 Å². The van der Waals surface area contributed by atoms with Crippen LogP contribution in [0.3, 0.4) is 0 Å². The third-order valence-electron chi connectivity index (χ3n) is 3.29. The SMILES string of the molecule is Cc1ccc(S(=O)(=O)Nc2c(C)cc(C)cc2Br)c(C)c1. The van der Waals surface area contributed by atoms with Gasteiger partial charge in [0.2, 0.25) is 0 Å². The predicted octanol–water partition coefficient (Wildman–Crippen LogP) is 4.48. The molecule has 0 aliphatic heterocycles. The Morgan fingerprint density at radius 1 is 0.905 bits per heavy atom. The maximum atomic E-state index is 12.6. The Labute approximate surface area is 134 Å². The van der Waals surface area contributed by atoms with E-state index in [4.69, 9.17) is 0 Å². The van der Waals surface area contributed by atoms with Gasteiger partial charge in [0.15, 0.2) is 0 Å². The molecule has 0 aromatic heterocycles. The summed E-state index contributed by atoms with van der Waals surface area (Å²) in [4.78, 5) is 0.306. The summed E-state index contributed by atoms with van der Waals surface area (Å²) in [6, 6.07) is 9.16. The molecule has 0 unspecified atom stereocenters. The second-order valence-corrected chi connectivity index (χ2v) is 7.82. The van der Waals surface area contributed by atoms with Crippen molar-refractivity contribution in [3.63, 3.8) is 0 Å². The molecule has 2 rings (SSSR count). The Bertz CT molecular complexity index is 775. The third-order valence-corrected chi connectivity index (χ3v) is 5.42. The van der Waals surface area contributed by atoms with Gasteiger partial charge < -0.3 is 0 Å². The first-order valence-electron chi connectivity index (χ1n) is 6.57. The molecule has 2 aromatic carbocycles. The lowest BCUT2D eigenvalue weighted by atomic mass is 10.1. The van der Waals surface area contributed by atoms with Crippen molar-refractivity contribution in [1.29, 1.82) is 0 Å². The monoisotopic (exact) mass is 367 g/mol. The van der Waals surface area contributed by atoms with E-state index in [2.05, 4.69) is 20.7 Å². The number of halogens is 1. The van der Waals surface area contributed by atoms with Crippen LogP contribution in [0.5, 0.6) is 0 Å². The van der Waals surface area contributed by atoms with E-state index in [1.807, 2.05) is 39.0 Å². The molecule has 0 atom stereocenters. The molecule has 21 heavy (non-hydrogen) atoms. The summed E-state index contributed by atoms with van der Waals surface area (Å²) < 4.78 is 28.6. The molecule has 0 spiro atoms. The van der Waals surface area contributed by atoms with Gasteiger partial charge in [0, 0.05) is 4.47 Å². The summed E-state index contributed by atoms with van der Waals surface area (Å²) in [6.07, 6.45) is 0. The molecule has 0 amide bonds. The van der Waals surface area contributed by atoms with Gasteiger partial charge in [0.1, 0.15) is 0 Å². The summed E-state index contributed by atoms with van der Waals surface area (Å²) in [5, 5.41) is 0. The first-order chi connectivity index (χ1) is 9.70. The van der Waals surface area contributed by atoms with E-state index in [9.17, 15) is 8.42 Å². The van der Waals surface area contributed by atoms with Crippen LogP contribution in [-0.4, -0.2) is 8.42 Å². The van der Waals surface area contributed by atoms with Crippen molar-refractivity contribution in [3.05, 3.63) is 57.1 Å². The Kier molecular flexibility index (Phi) is 4.44. The topological polar surface area (TPSA) is 46.2 Å². The first-order valence-corrected chi connectivity index (χ1v) is 8.85. The van der Waals surface area contributed by atoms with E-state index < -0.39 is 10.0 Å². The molecule has 0 bridgehead atoms. The Morgan fingerprint density at radius 3 is 2.10 bits per heavy atom. The minimum atomic E-state index is -3.60. The quantitative estimate of drug-likeness (QED) is 0.868. The van der Waals surface area contributed by atoms with Gasteiger partial charge in [-0.1, -0.05) is 23.8 Å². The van der Waals surface area contributed by atoms with Crippen molar-refractivity contribution >= 4 is 31.6 Å². The van der Waals surface area contributed by atoms with Crippen LogP contribution in [0.25, 0.3) is 0 Å². The summed E-state index contributed by atoms with van der Waals surface area (Å²) in [5.41, 5.74) is 4.33. The lowest BCUT2D eigenvalue weighted by Crippen LogP contribution is -2.15. The molecule has 0 saturated carbocycles. The predicted molar refractivity (Wildman–Crippen MR) is 90.3 cm³/mol. The van der Waals surface area contributed by atoms with Crippen LogP contribution in [0, 0.1) is 27.7 Å². The summed E-state index contributed by atoms with van der Waals surface area (Å²) in [5.74, 6) is 0. The smallest absolute Gasteiger partial charge is 0.262 e. The number of hydrogen-bond acceptors (Lipinski definition) is 2. The highest BCUT2D eigenvalue weighted by molar-refractivity contribution is 9.10. The van der Waals surface area contributed by atoms with Gasteiger partial charge in [-0.2, -0.15) is 0 Å². The fourth-order valence-corrected chi connectivity index (χ4v) is 4.62. The van der Waals surface area contributed by atoms with E-state index in [1.54, 1.807) is 19.1 Å². The number of anilines is 1. The number of rotatable bonds is 3. The van der Waals surface area contributed by atoms with Gasteiger partial charge in [0.25, 0.3) is 10.0 Å². The van der Waals surface area contributed by atoms with Gasteiger partial charge >= 0.3 is 0 Å². The van der Waals surface area contributed by atoms with Crippen LogP contribution in [0.15, 0.2) is 39.7 Å². The van der Waals surface area contributed by atoms with Crippen LogP contribution in [0.2, 0.25) is 0 Å². The van der Waals surface area contributed by atoms with Gasteiger partial charge in [-0.15, -0.1) is 0 Å². The van der Waals surface area contributed by atoms with Crippen LogP contribution in [0.1, 0.15) is 22.3 Å². The lowest BCUT2D eigenvalue weighted by molar-refractivity contribution is 0.600. The second-order valence-electron chi connectivity index (χ2n) is 5.31. The summed E-state index contributed by atoms with van der Waals surface area (Å²) in [7, 11) is -3.60. The normalized spacial score (nSPS) is 11.5. The molecule has 1 N–H and O–H groups in total. The van der Waals surface area contributed by atoms with Crippen LogP contribution < -0.4 is 4.72 Å². The molecule has 3 nitrogen and oxygen atoms in total. The van der Waals surface area contributed by atoms with Crippen molar-refractivity contribution in [2.45, 2.75) is 32.6 Å². The minimum absolute atomic E-state index is 0.306. The van der Waals surface area contributed by atoms with Gasteiger partial charge in [-0.25, -0.2) is 8.42 Å². The van der Waals surface area contributed by atoms with E-state index >= 15 is 0 Å². The Morgan fingerprint density at radius 2 is 1.52 bits per heavy atom. The maximum Gasteiger partial charge on any atom is 0.262 e. The van der Waals surface area contributed by atoms with Gasteiger partial charge in [-0.05, 0) is 72.4 Å². The summed E-state index contributed by atoms with van der Waals surface area (Å²) >= 11 is 3.43. The molecule has 112 valence electrons. The van der Waals surface area contributed by atoms with Crippen LogP contribution in [0.4, 0.5) is 5.69 Å². The van der Waals surface area contributed by atoms with Gasteiger partial charge in [0.05, 0.1) is 10.6 Å². The zero-order chi connectivity index (χ0) is 15.8. The highest BCUT2D eigenvalue weighted by atomic mass is 79.9. The lowest BCUT2D eigenvalue weighted by Gasteiger charge is -2.15. The van der Waals surface area contributed by atoms with E-state index in [0.717, 1.165) is 26.7 Å². The van der Waals surface area contributed by atoms with Crippen molar-refractivity contribution < 1.29 is 8.42 Å². The van der Waals surface area contributed by atoms with Crippen molar-refractivity contribution in [2.75, 3.05) is 4.72 Å². The molecular weight excluding hydrogens is 350 g/mol. The molecular formula is C16H18BrNO2S. The van der Waals surface area contributed by atoms with Crippen LogP contribution in [-0.2, 0) is 10.0 Å². The average Bonchev–Trinajstić information content (AvgIpc) is 2.33. The number of benzene rings is 2. The van der Waals surface area contributed by atoms with E-state index in [1.165, 1.54) is 0 Å². The molecule has 0 fully saturated rings. The second kappa shape index (κ2) is 5.81.